The monoisotopic (exact) mass is 446 g/mol. The maximum atomic E-state index is 13.2. The molecule has 0 bridgehead atoms. The average molecular weight is 446 g/mol. The fraction of sp³-hybridized carbons (Fsp3) is 0.647. The molecule has 0 saturated carbocycles. The minimum absolute atomic E-state index is 0.0670. The van der Waals surface area contributed by atoms with Crippen LogP contribution in [-0.4, -0.2) is 58.4 Å². The number of aliphatic hydroxyl groups excluding tert-OH is 1. The number of ether oxygens (including phenoxy) is 1. The molecule has 0 aromatic rings. The summed E-state index contributed by atoms with van der Waals surface area (Å²) >= 11 is 2.21. The number of nitrogens with zero attached hydrogens (tertiary/aromatic N) is 2. The van der Waals surface area contributed by atoms with Crippen LogP contribution in [0.5, 0.6) is 0 Å². The van der Waals surface area contributed by atoms with Crippen molar-refractivity contribution in [1.82, 2.24) is 9.80 Å². The molecule has 1 N–H and O–H groups in total. The minimum atomic E-state index is -1.47. The van der Waals surface area contributed by atoms with Crippen molar-refractivity contribution in [3.05, 3.63) is 21.3 Å². The van der Waals surface area contributed by atoms with Gasteiger partial charge < -0.3 is 9.84 Å². The third-order valence-electron chi connectivity index (χ3n) is 5.10. The Morgan fingerprint density at radius 3 is 2.71 bits per heavy atom. The van der Waals surface area contributed by atoms with Crippen molar-refractivity contribution in [1.29, 1.82) is 0 Å². The van der Waals surface area contributed by atoms with Crippen molar-refractivity contribution < 1.29 is 19.4 Å². The number of aliphatic hydroxyl groups is 1. The van der Waals surface area contributed by atoms with Crippen LogP contribution in [0.1, 0.15) is 33.1 Å². The predicted molar refractivity (Wildman–Crippen MR) is 97.4 cm³/mol. The molecule has 1 fully saturated rings. The van der Waals surface area contributed by atoms with Crippen LogP contribution < -0.4 is 0 Å². The van der Waals surface area contributed by atoms with Gasteiger partial charge in [0.25, 0.3) is 5.91 Å². The summed E-state index contributed by atoms with van der Waals surface area (Å²) in [7, 11) is 0. The molecule has 3 aliphatic rings. The summed E-state index contributed by atoms with van der Waals surface area (Å²) in [6, 6.07) is -0.452. The molecule has 3 rings (SSSR count). The zero-order valence-corrected chi connectivity index (χ0v) is 16.2. The molecule has 132 valence electrons. The first kappa shape index (κ1) is 17.9. The summed E-state index contributed by atoms with van der Waals surface area (Å²) in [5.74, 6) is -0.370. The van der Waals surface area contributed by atoms with Crippen LogP contribution in [0, 0.1) is 5.92 Å². The Bertz CT molecular complexity index is 618. The fourth-order valence-corrected chi connectivity index (χ4v) is 4.87. The van der Waals surface area contributed by atoms with Crippen LogP contribution >= 0.6 is 22.6 Å². The maximum absolute atomic E-state index is 13.2. The van der Waals surface area contributed by atoms with E-state index < -0.39 is 23.8 Å². The van der Waals surface area contributed by atoms with E-state index in [9.17, 15) is 14.7 Å². The first-order chi connectivity index (χ1) is 11.5. The lowest BCUT2D eigenvalue weighted by Gasteiger charge is -2.48. The topological polar surface area (TPSA) is 70.1 Å². The Labute approximate surface area is 155 Å². The van der Waals surface area contributed by atoms with Crippen LogP contribution in [-0.2, 0) is 9.53 Å². The van der Waals surface area contributed by atoms with Crippen LogP contribution in [0.15, 0.2) is 21.3 Å². The standard InChI is InChI=1S/C17H23IN2O4/c1-3-19-14(21)17(15(22)20(4-2)16(19)23)13(12(18)10-24-17)11-8-6-5-7-9-11/h6,8,11,14,21H,3-5,7,9-10H2,1-2H3/t11?,14-,17+/m0/s1. The lowest BCUT2D eigenvalue weighted by atomic mass is 9.77. The molecule has 3 amide bonds. The Morgan fingerprint density at radius 2 is 2.12 bits per heavy atom. The molecular formula is C17H23IN2O4. The number of allylic oxidation sites excluding steroid dienone is 2. The average Bonchev–Trinajstić information content (AvgIpc) is 2.94. The van der Waals surface area contributed by atoms with Crippen LogP contribution in [0.2, 0.25) is 0 Å². The van der Waals surface area contributed by atoms with Crippen molar-refractivity contribution in [3.63, 3.8) is 0 Å². The van der Waals surface area contributed by atoms with Crippen LogP contribution in [0.25, 0.3) is 0 Å². The zero-order chi connectivity index (χ0) is 17.5. The van der Waals surface area contributed by atoms with Gasteiger partial charge in [-0.25, -0.2) is 4.79 Å². The summed E-state index contributed by atoms with van der Waals surface area (Å²) in [5.41, 5.74) is -0.635. The van der Waals surface area contributed by atoms with E-state index in [1.807, 2.05) is 0 Å². The summed E-state index contributed by atoms with van der Waals surface area (Å²) in [6.07, 6.45) is 5.95. The molecule has 2 aliphatic heterocycles. The highest BCUT2D eigenvalue weighted by Gasteiger charge is 2.63. The van der Waals surface area contributed by atoms with Crippen molar-refractivity contribution in [3.8, 4) is 0 Å². The molecule has 2 heterocycles. The van der Waals surface area contributed by atoms with Gasteiger partial charge in [0, 0.05) is 22.6 Å². The van der Waals surface area contributed by atoms with E-state index in [-0.39, 0.29) is 12.5 Å². The summed E-state index contributed by atoms with van der Waals surface area (Å²) in [5, 5.41) is 11.0. The normalized spacial score (nSPS) is 34.0. The number of likely N-dealkylation sites (N-methyl/N-ethyl adjacent to an activating group) is 2. The quantitative estimate of drug-likeness (QED) is 0.534. The van der Waals surface area contributed by atoms with E-state index in [2.05, 4.69) is 34.7 Å². The highest BCUT2D eigenvalue weighted by atomic mass is 127. The van der Waals surface area contributed by atoms with Gasteiger partial charge >= 0.3 is 6.03 Å². The number of urea groups is 1. The summed E-state index contributed by atoms with van der Waals surface area (Å²) in [4.78, 5) is 28.2. The number of imide groups is 1. The molecule has 3 atom stereocenters. The van der Waals surface area contributed by atoms with Gasteiger partial charge in [-0.1, -0.05) is 12.2 Å². The number of hydrogen-bond acceptors (Lipinski definition) is 4. The minimum Gasteiger partial charge on any atom is -0.370 e. The summed E-state index contributed by atoms with van der Waals surface area (Å²) < 4.78 is 6.90. The molecule has 1 saturated heterocycles. The first-order valence-corrected chi connectivity index (χ1v) is 9.57. The zero-order valence-electron chi connectivity index (χ0n) is 14.0. The van der Waals surface area contributed by atoms with Crippen molar-refractivity contribution in [2.45, 2.75) is 44.9 Å². The summed E-state index contributed by atoms with van der Waals surface area (Å²) in [6.45, 7) is 4.43. The van der Waals surface area contributed by atoms with Crippen LogP contribution in [0.4, 0.5) is 4.79 Å². The molecule has 1 spiro atoms. The molecule has 0 aromatic heterocycles. The molecule has 1 unspecified atom stereocenters. The number of hydrogen-bond donors (Lipinski definition) is 1. The highest BCUT2D eigenvalue weighted by Crippen LogP contribution is 2.48. The van der Waals surface area contributed by atoms with E-state index in [0.717, 1.165) is 28.4 Å². The Kier molecular flexibility index (Phi) is 5.04. The SMILES string of the molecule is CCN1C(=O)N(CC)[C@@H](O)[C@@]2(OCC(I)=C2C2C=CCCC2)C1=O. The van der Waals surface area contributed by atoms with Gasteiger partial charge in [0.15, 0.2) is 6.23 Å². The predicted octanol–water partition coefficient (Wildman–Crippen LogP) is 2.42. The molecular weight excluding hydrogens is 423 g/mol. The second-order valence-corrected chi connectivity index (χ2v) is 7.60. The van der Waals surface area contributed by atoms with Gasteiger partial charge in [-0.2, -0.15) is 0 Å². The van der Waals surface area contributed by atoms with E-state index in [1.165, 1.54) is 9.80 Å². The molecule has 6 nitrogen and oxygen atoms in total. The lowest BCUT2D eigenvalue weighted by Crippen LogP contribution is -2.72. The van der Waals surface area contributed by atoms with Gasteiger partial charge in [-0.05, 0) is 61.3 Å². The second kappa shape index (κ2) is 6.76. The Hall–Kier alpha value is -0.930. The molecule has 0 radical (unpaired) electrons. The number of halogens is 1. The third-order valence-corrected chi connectivity index (χ3v) is 5.99. The lowest BCUT2D eigenvalue weighted by molar-refractivity contribution is -0.185. The Balaban J connectivity index is 2.11. The smallest absolute Gasteiger partial charge is 0.328 e. The van der Waals surface area contributed by atoms with Crippen molar-refractivity contribution >= 4 is 34.5 Å². The Morgan fingerprint density at radius 1 is 1.38 bits per heavy atom. The van der Waals surface area contributed by atoms with E-state index in [0.29, 0.717) is 13.2 Å². The number of carbonyl (C=O) groups excluding carboxylic acids is 2. The fourth-order valence-electron chi connectivity index (χ4n) is 3.92. The van der Waals surface area contributed by atoms with Gasteiger partial charge in [-0.15, -0.1) is 0 Å². The first-order valence-electron chi connectivity index (χ1n) is 8.49. The van der Waals surface area contributed by atoms with Crippen molar-refractivity contribution in [2.75, 3.05) is 19.7 Å². The third kappa shape index (κ3) is 2.43. The van der Waals surface area contributed by atoms with Gasteiger partial charge in [0.1, 0.15) is 0 Å². The van der Waals surface area contributed by atoms with E-state index >= 15 is 0 Å². The van der Waals surface area contributed by atoms with Gasteiger partial charge in [0.2, 0.25) is 5.60 Å². The van der Waals surface area contributed by atoms with Gasteiger partial charge in [0.05, 0.1) is 6.61 Å². The maximum Gasteiger partial charge on any atom is 0.328 e. The number of rotatable bonds is 3. The largest absolute Gasteiger partial charge is 0.370 e. The molecule has 7 heteroatoms. The molecule has 1 aliphatic carbocycles. The number of carbonyl (C=O) groups is 2. The van der Waals surface area contributed by atoms with E-state index in [4.69, 9.17) is 4.74 Å². The van der Waals surface area contributed by atoms with Gasteiger partial charge in [-0.3, -0.25) is 14.6 Å². The van der Waals surface area contributed by atoms with Crippen LogP contribution in [0.3, 0.4) is 0 Å². The van der Waals surface area contributed by atoms with Crippen molar-refractivity contribution in [2.24, 2.45) is 5.92 Å². The second-order valence-electron chi connectivity index (χ2n) is 6.30. The van der Waals surface area contributed by atoms with E-state index in [1.54, 1.807) is 13.8 Å². The molecule has 0 aromatic carbocycles. The molecule has 24 heavy (non-hydrogen) atoms. The number of amides is 3. The highest BCUT2D eigenvalue weighted by molar-refractivity contribution is 14.1.